The molecule has 1 unspecified atom stereocenters. The number of hydrogen-bond donors (Lipinski definition) is 1. The Morgan fingerprint density at radius 1 is 0.913 bits per heavy atom. The minimum absolute atomic E-state index is 0.0970. The maximum absolute atomic E-state index is 12.2. The molecule has 1 N–H and O–H groups in total. The van der Waals surface area contributed by atoms with Crippen LogP contribution in [0.4, 0.5) is 0 Å². The Hall–Kier alpha value is -0.370. The maximum Gasteiger partial charge on any atom is 0.133 e. The number of carbonyl (C=O) groups is 1. The molecular weight excluding hydrogens is 284 g/mol. The van der Waals surface area contributed by atoms with E-state index < -0.39 is 0 Å². The molecule has 0 saturated heterocycles. The van der Waals surface area contributed by atoms with E-state index in [1.807, 2.05) is 0 Å². The lowest BCUT2D eigenvalue weighted by Gasteiger charge is -2.61. The van der Waals surface area contributed by atoms with Gasteiger partial charge in [-0.15, -0.1) is 0 Å². The molecule has 0 aromatic carbocycles. The third kappa shape index (κ3) is 2.12. The Balaban J connectivity index is 1.67. The summed E-state index contributed by atoms with van der Waals surface area (Å²) in [6, 6.07) is 0. The van der Waals surface area contributed by atoms with Crippen molar-refractivity contribution in [3.63, 3.8) is 0 Å². The van der Waals surface area contributed by atoms with Crippen LogP contribution in [0.1, 0.15) is 78.6 Å². The summed E-state index contributed by atoms with van der Waals surface area (Å²) >= 11 is 0. The molecule has 0 bridgehead atoms. The third-order valence-electron chi connectivity index (χ3n) is 9.08. The number of ketones is 1. The van der Waals surface area contributed by atoms with Crippen molar-refractivity contribution in [2.24, 2.45) is 40.4 Å². The summed E-state index contributed by atoms with van der Waals surface area (Å²) in [7, 11) is 0. The first-order valence-electron chi connectivity index (χ1n) is 10.1. The SMILES string of the molecule is CC(=O)[C@H]1CC[C@H]2[C@@H]3C[C@H](O)C4CCCC[C@]4(C)[C@H]3CC[C@]12C. The Morgan fingerprint density at radius 2 is 1.65 bits per heavy atom. The highest BCUT2D eigenvalue weighted by molar-refractivity contribution is 5.79. The Kier molecular flexibility index (Phi) is 3.72. The summed E-state index contributed by atoms with van der Waals surface area (Å²) < 4.78 is 0. The second-order valence-corrected chi connectivity index (χ2v) is 9.82. The van der Waals surface area contributed by atoms with Crippen LogP contribution in [0.5, 0.6) is 0 Å². The zero-order chi connectivity index (χ0) is 16.4. The first-order chi connectivity index (χ1) is 10.9. The molecule has 0 spiro atoms. The Bertz CT molecular complexity index is 500. The number of aliphatic hydroxyl groups excluding tert-OH is 1. The summed E-state index contributed by atoms with van der Waals surface area (Å²) in [6.07, 6.45) is 11.0. The van der Waals surface area contributed by atoms with Crippen LogP contribution in [0.15, 0.2) is 0 Å². The Morgan fingerprint density at radius 3 is 2.39 bits per heavy atom. The first-order valence-corrected chi connectivity index (χ1v) is 10.1. The summed E-state index contributed by atoms with van der Waals surface area (Å²) in [5.74, 6) is 3.35. The average Bonchev–Trinajstić information content (AvgIpc) is 2.85. The van der Waals surface area contributed by atoms with Gasteiger partial charge in [0.05, 0.1) is 6.10 Å². The van der Waals surface area contributed by atoms with E-state index in [2.05, 4.69) is 13.8 Å². The van der Waals surface area contributed by atoms with Crippen molar-refractivity contribution in [2.75, 3.05) is 0 Å². The molecule has 130 valence electrons. The summed E-state index contributed by atoms with van der Waals surface area (Å²) in [5, 5.41) is 10.9. The zero-order valence-corrected chi connectivity index (χ0v) is 15.2. The smallest absolute Gasteiger partial charge is 0.133 e. The van der Waals surface area contributed by atoms with Gasteiger partial charge in [0.2, 0.25) is 0 Å². The fourth-order valence-corrected chi connectivity index (χ4v) is 8.02. The molecule has 4 aliphatic rings. The highest BCUT2D eigenvalue weighted by Gasteiger charge is 2.61. The number of fused-ring (bicyclic) bond motifs is 5. The molecule has 2 nitrogen and oxygen atoms in total. The molecule has 0 aliphatic heterocycles. The van der Waals surface area contributed by atoms with Crippen LogP contribution in [-0.4, -0.2) is 17.0 Å². The fraction of sp³-hybridized carbons (Fsp3) is 0.952. The van der Waals surface area contributed by atoms with Crippen LogP contribution < -0.4 is 0 Å². The fourth-order valence-electron chi connectivity index (χ4n) is 8.02. The van der Waals surface area contributed by atoms with Gasteiger partial charge in [0, 0.05) is 5.92 Å². The number of Topliss-reactive ketones (excluding diaryl/α,β-unsaturated/α-hetero) is 1. The molecule has 0 aromatic heterocycles. The molecule has 23 heavy (non-hydrogen) atoms. The van der Waals surface area contributed by atoms with E-state index in [1.54, 1.807) is 6.92 Å². The summed E-state index contributed by atoms with van der Waals surface area (Å²) in [6.45, 7) is 6.70. The van der Waals surface area contributed by atoms with Gasteiger partial charge in [-0.05, 0) is 86.4 Å². The lowest BCUT2D eigenvalue weighted by molar-refractivity contribution is -0.159. The second-order valence-electron chi connectivity index (χ2n) is 9.82. The quantitative estimate of drug-likeness (QED) is 0.767. The monoisotopic (exact) mass is 318 g/mol. The first kappa shape index (κ1) is 16.1. The van der Waals surface area contributed by atoms with Gasteiger partial charge in [0.15, 0.2) is 0 Å². The van der Waals surface area contributed by atoms with E-state index in [9.17, 15) is 9.90 Å². The van der Waals surface area contributed by atoms with Gasteiger partial charge >= 0.3 is 0 Å². The molecule has 4 saturated carbocycles. The highest BCUT2D eigenvalue weighted by atomic mass is 16.3. The van der Waals surface area contributed by atoms with Crippen molar-refractivity contribution in [3.05, 3.63) is 0 Å². The molecule has 0 aromatic rings. The molecular formula is C21H34O2. The Labute approximate surface area is 141 Å². The summed E-state index contributed by atoms with van der Waals surface area (Å²) in [4.78, 5) is 12.2. The standard InChI is InChI=1S/C21H34O2/c1-13(22)15-7-8-16-14-12-19(23)18-6-4-5-10-20(18,2)17(14)9-11-21(15,16)3/h14-19,23H,4-12H2,1-3H3/t14-,15+,16-,17-,18?,19-,20+,21+/m0/s1. The molecule has 0 radical (unpaired) electrons. The molecule has 0 amide bonds. The van der Waals surface area contributed by atoms with E-state index in [0.29, 0.717) is 29.0 Å². The predicted octanol–water partition coefficient (Wildman–Crippen LogP) is 4.60. The lowest BCUT2D eigenvalue weighted by Crippen LogP contribution is -2.57. The molecule has 4 fully saturated rings. The van der Waals surface area contributed by atoms with E-state index in [1.165, 1.54) is 44.9 Å². The van der Waals surface area contributed by atoms with E-state index in [0.717, 1.165) is 18.8 Å². The number of rotatable bonds is 1. The van der Waals surface area contributed by atoms with Crippen molar-refractivity contribution in [1.82, 2.24) is 0 Å². The normalized spacial score (nSPS) is 55.7. The van der Waals surface area contributed by atoms with Crippen LogP contribution in [0, 0.1) is 40.4 Å². The maximum atomic E-state index is 12.2. The van der Waals surface area contributed by atoms with Crippen LogP contribution in [0.3, 0.4) is 0 Å². The van der Waals surface area contributed by atoms with Crippen LogP contribution in [-0.2, 0) is 4.79 Å². The van der Waals surface area contributed by atoms with Gasteiger partial charge in [-0.1, -0.05) is 26.7 Å². The molecule has 2 heteroatoms. The molecule has 8 atom stereocenters. The second kappa shape index (κ2) is 5.31. The van der Waals surface area contributed by atoms with Crippen LogP contribution in [0.25, 0.3) is 0 Å². The van der Waals surface area contributed by atoms with Gasteiger partial charge in [-0.25, -0.2) is 0 Å². The van der Waals surface area contributed by atoms with E-state index >= 15 is 0 Å². The van der Waals surface area contributed by atoms with Crippen molar-refractivity contribution >= 4 is 5.78 Å². The molecule has 4 aliphatic carbocycles. The number of aliphatic hydroxyl groups is 1. The summed E-state index contributed by atoms with van der Waals surface area (Å²) in [5.41, 5.74) is 0.570. The molecule has 0 heterocycles. The van der Waals surface area contributed by atoms with Gasteiger partial charge in [-0.2, -0.15) is 0 Å². The largest absolute Gasteiger partial charge is 0.393 e. The van der Waals surface area contributed by atoms with Crippen molar-refractivity contribution in [2.45, 2.75) is 84.7 Å². The lowest BCUT2D eigenvalue weighted by atomic mass is 9.44. The van der Waals surface area contributed by atoms with Crippen molar-refractivity contribution < 1.29 is 9.90 Å². The van der Waals surface area contributed by atoms with Gasteiger partial charge in [0.1, 0.15) is 5.78 Å². The van der Waals surface area contributed by atoms with Gasteiger partial charge in [0.25, 0.3) is 0 Å². The average molecular weight is 319 g/mol. The van der Waals surface area contributed by atoms with Gasteiger partial charge in [-0.3, -0.25) is 4.79 Å². The van der Waals surface area contributed by atoms with Crippen LogP contribution >= 0.6 is 0 Å². The zero-order valence-electron chi connectivity index (χ0n) is 15.2. The third-order valence-corrected chi connectivity index (χ3v) is 9.08. The predicted molar refractivity (Wildman–Crippen MR) is 91.9 cm³/mol. The van der Waals surface area contributed by atoms with E-state index in [4.69, 9.17) is 0 Å². The number of carbonyl (C=O) groups excluding carboxylic acids is 1. The topological polar surface area (TPSA) is 37.3 Å². The number of hydrogen-bond acceptors (Lipinski definition) is 2. The minimum atomic E-state index is -0.0970. The van der Waals surface area contributed by atoms with Crippen molar-refractivity contribution in [3.8, 4) is 0 Å². The van der Waals surface area contributed by atoms with Crippen molar-refractivity contribution in [1.29, 1.82) is 0 Å². The van der Waals surface area contributed by atoms with Gasteiger partial charge < -0.3 is 5.11 Å². The molecule has 4 rings (SSSR count). The highest BCUT2D eigenvalue weighted by Crippen LogP contribution is 2.67. The minimum Gasteiger partial charge on any atom is -0.393 e. The van der Waals surface area contributed by atoms with E-state index in [-0.39, 0.29) is 17.4 Å². The van der Waals surface area contributed by atoms with Crippen LogP contribution in [0.2, 0.25) is 0 Å².